The van der Waals surface area contributed by atoms with E-state index >= 15 is 0 Å². The zero-order valence-corrected chi connectivity index (χ0v) is 17.3. The van der Waals surface area contributed by atoms with Crippen molar-refractivity contribution < 1.29 is 0 Å². The van der Waals surface area contributed by atoms with E-state index in [9.17, 15) is 0 Å². The Morgan fingerprint density at radius 1 is 0.923 bits per heavy atom. The van der Waals surface area contributed by atoms with Crippen LogP contribution in [0.3, 0.4) is 0 Å². The Morgan fingerprint density at radius 2 is 1.50 bits per heavy atom. The van der Waals surface area contributed by atoms with E-state index in [-0.39, 0.29) is 11.6 Å². The minimum absolute atomic E-state index is 0.0403. The van der Waals surface area contributed by atoms with Crippen molar-refractivity contribution in [1.29, 1.82) is 0 Å². The van der Waals surface area contributed by atoms with E-state index in [4.69, 9.17) is 0 Å². The van der Waals surface area contributed by atoms with Gasteiger partial charge in [0.1, 0.15) is 0 Å². The third-order valence-electron chi connectivity index (χ3n) is 6.09. The summed E-state index contributed by atoms with van der Waals surface area (Å²) >= 11 is 0. The molecule has 1 aliphatic heterocycles. The zero-order chi connectivity index (χ0) is 19.1. The summed E-state index contributed by atoms with van der Waals surface area (Å²) in [7, 11) is 0. The van der Waals surface area contributed by atoms with E-state index in [1.165, 1.54) is 27.9 Å². The third kappa shape index (κ3) is 3.47. The largest absolute Gasteiger partial charge is 0.341 e. The lowest BCUT2D eigenvalue weighted by Crippen LogP contribution is -2.36. The van der Waals surface area contributed by atoms with Crippen LogP contribution in [0.5, 0.6) is 0 Å². The van der Waals surface area contributed by atoms with Gasteiger partial charge in [-0.25, -0.2) is 0 Å². The van der Waals surface area contributed by atoms with Crippen molar-refractivity contribution >= 4 is 0 Å². The van der Waals surface area contributed by atoms with Gasteiger partial charge in [-0.3, -0.25) is 0 Å². The van der Waals surface area contributed by atoms with E-state index in [1.54, 1.807) is 0 Å². The molecule has 0 amide bonds. The third-order valence-corrected chi connectivity index (χ3v) is 6.09. The SMILES string of the molecule is CC1=C(C)C(CC(c2ccccc2)N2[C]N(C(C)(C)C)C=C2)C(C)=C1C. The summed E-state index contributed by atoms with van der Waals surface area (Å²) < 4.78 is 0. The average molecular weight is 349 g/mol. The molecule has 3 rings (SSSR count). The summed E-state index contributed by atoms with van der Waals surface area (Å²) in [4.78, 5) is 4.45. The van der Waals surface area contributed by atoms with E-state index in [0.29, 0.717) is 5.92 Å². The molecule has 0 N–H and O–H groups in total. The fourth-order valence-electron chi connectivity index (χ4n) is 3.98. The molecule has 0 fully saturated rings. The first kappa shape index (κ1) is 18.8. The van der Waals surface area contributed by atoms with E-state index in [0.717, 1.165) is 6.42 Å². The van der Waals surface area contributed by atoms with Crippen molar-refractivity contribution in [3.8, 4) is 0 Å². The molecule has 138 valence electrons. The molecular weight excluding hydrogens is 316 g/mol. The van der Waals surface area contributed by atoms with Gasteiger partial charge in [0.15, 0.2) is 0 Å². The highest BCUT2D eigenvalue weighted by atomic mass is 15.4. The summed E-state index contributed by atoms with van der Waals surface area (Å²) in [5, 5.41) is 0. The Balaban J connectivity index is 1.89. The molecule has 1 aromatic rings. The predicted octanol–water partition coefficient (Wildman–Crippen LogP) is 6.30. The van der Waals surface area contributed by atoms with Gasteiger partial charge in [-0.05, 0) is 71.6 Å². The molecule has 2 nitrogen and oxygen atoms in total. The second kappa shape index (κ2) is 6.98. The number of nitrogens with zero attached hydrogens (tertiary/aromatic N) is 2. The van der Waals surface area contributed by atoms with Crippen LogP contribution in [0, 0.1) is 12.6 Å². The number of benzene rings is 1. The summed E-state index contributed by atoms with van der Waals surface area (Å²) in [6, 6.07) is 11.1. The minimum Gasteiger partial charge on any atom is -0.341 e. The molecule has 1 aliphatic carbocycles. The molecule has 2 heteroatoms. The Labute approximate surface area is 159 Å². The van der Waals surface area contributed by atoms with Crippen molar-refractivity contribution in [3.05, 3.63) is 77.3 Å². The van der Waals surface area contributed by atoms with Gasteiger partial charge in [-0.15, -0.1) is 0 Å². The molecule has 0 aromatic heterocycles. The first-order valence-corrected chi connectivity index (χ1v) is 9.62. The van der Waals surface area contributed by atoms with Crippen LogP contribution in [0.4, 0.5) is 0 Å². The first-order chi connectivity index (χ1) is 12.2. The Bertz CT molecular complexity index is 722. The number of hydrogen-bond donors (Lipinski definition) is 0. The maximum absolute atomic E-state index is 3.58. The maximum Gasteiger partial charge on any atom is 0.208 e. The highest BCUT2D eigenvalue weighted by Gasteiger charge is 2.33. The maximum atomic E-state index is 3.58. The molecule has 0 bridgehead atoms. The van der Waals surface area contributed by atoms with Gasteiger partial charge in [0.05, 0.1) is 6.04 Å². The van der Waals surface area contributed by atoms with Crippen LogP contribution in [-0.4, -0.2) is 15.3 Å². The van der Waals surface area contributed by atoms with Gasteiger partial charge in [0.2, 0.25) is 6.67 Å². The molecule has 0 spiro atoms. The number of hydrogen-bond acceptors (Lipinski definition) is 2. The topological polar surface area (TPSA) is 6.48 Å². The van der Waals surface area contributed by atoms with Gasteiger partial charge in [0, 0.05) is 23.9 Å². The van der Waals surface area contributed by atoms with Crippen molar-refractivity contribution in [2.24, 2.45) is 5.92 Å². The highest BCUT2D eigenvalue weighted by Crippen LogP contribution is 2.44. The molecule has 2 aliphatic rings. The van der Waals surface area contributed by atoms with Gasteiger partial charge < -0.3 is 9.80 Å². The van der Waals surface area contributed by atoms with E-state index in [2.05, 4.69) is 108 Å². The standard InChI is InChI=1S/C24H32N2/c1-17-18(2)20(4)22(19(17)3)15-23(21-11-9-8-10-12-21)25-13-14-26(16-25)24(5,6)7/h8-14,22-23H,15H2,1-7H3. The van der Waals surface area contributed by atoms with Crippen LogP contribution in [-0.2, 0) is 0 Å². The molecule has 1 atom stereocenters. The molecule has 0 saturated heterocycles. The van der Waals surface area contributed by atoms with Crippen LogP contribution in [0.15, 0.2) is 65.0 Å². The van der Waals surface area contributed by atoms with Gasteiger partial charge >= 0.3 is 0 Å². The van der Waals surface area contributed by atoms with Gasteiger partial charge in [0.25, 0.3) is 0 Å². The minimum atomic E-state index is 0.0403. The van der Waals surface area contributed by atoms with Crippen molar-refractivity contribution in [3.63, 3.8) is 0 Å². The summed E-state index contributed by atoms with van der Waals surface area (Å²) in [6.45, 7) is 19.4. The quantitative estimate of drug-likeness (QED) is 0.629. The second-order valence-electron chi connectivity index (χ2n) is 8.68. The molecule has 26 heavy (non-hydrogen) atoms. The Hall–Kier alpha value is -1.96. The lowest BCUT2D eigenvalue weighted by atomic mass is 9.86. The zero-order valence-electron chi connectivity index (χ0n) is 17.3. The normalized spacial score (nSPS) is 20.0. The lowest BCUT2D eigenvalue weighted by molar-refractivity contribution is 0.187. The fraction of sp³-hybridized carbons (Fsp3) is 0.458. The predicted molar refractivity (Wildman–Crippen MR) is 110 cm³/mol. The van der Waals surface area contributed by atoms with Crippen LogP contribution in [0.2, 0.25) is 0 Å². The summed E-state index contributed by atoms with van der Waals surface area (Å²) in [5.41, 5.74) is 7.39. The molecule has 1 unspecified atom stereocenters. The molecule has 1 heterocycles. The molecule has 1 aromatic carbocycles. The van der Waals surface area contributed by atoms with E-state index in [1.807, 2.05) is 0 Å². The van der Waals surface area contributed by atoms with Gasteiger partial charge in [-0.2, -0.15) is 0 Å². The van der Waals surface area contributed by atoms with Crippen molar-refractivity contribution in [1.82, 2.24) is 9.80 Å². The van der Waals surface area contributed by atoms with Crippen LogP contribution in [0.1, 0.15) is 66.5 Å². The Morgan fingerprint density at radius 3 is 2.00 bits per heavy atom. The fourth-order valence-corrected chi connectivity index (χ4v) is 3.98. The molecule has 0 saturated carbocycles. The van der Waals surface area contributed by atoms with Gasteiger partial charge in [-0.1, -0.05) is 41.5 Å². The summed E-state index contributed by atoms with van der Waals surface area (Å²) in [5.74, 6) is 0.513. The molecule has 2 radical (unpaired) electrons. The van der Waals surface area contributed by atoms with Crippen LogP contribution >= 0.6 is 0 Å². The highest BCUT2D eigenvalue weighted by molar-refractivity contribution is 5.46. The number of allylic oxidation sites excluding steroid dienone is 4. The van der Waals surface area contributed by atoms with Crippen molar-refractivity contribution in [2.75, 3.05) is 0 Å². The van der Waals surface area contributed by atoms with Crippen molar-refractivity contribution in [2.45, 2.75) is 66.5 Å². The smallest absolute Gasteiger partial charge is 0.208 e. The lowest BCUT2D eigenvalue weighted by Gasteiger charge is -2.35. The average Bonchev–Trinajstić information content (AvgIpc) is 3.16. The van der Waals surface area contributed by atoms with Crippen LogP contribution in [0.25, 0.3) is 0 Å². The van der Waals surface area contributed by atoms with Crippen LogP contribution < -0.4 is 0 Å². The first-order valence-electron chi connectivity index (χ1n) is 9.62. The number of rotatable bonds is 4. The summed E-state index contributed by atoms with van der Waals surface area (Å²) in [6.07, 6.45) is 5.40. The molecular formula is C24H32N2. The Kier molecular flexibility index (Phi) is 5.05. The second-order valence-corrected chi connectivity index (χ2v) is 8.68. The van der Waals surface area contributed by atoms with E-state index < -0.39 is 0 Å². The monoisotopic (exact) mass is 348 g/mol.